The molecular formula is C19H38N2O2S. The summed E-state index contributed by atoms with van der Waals surface area (Å²) >= 11 is 1.78. The van der Waals surface area contributed by atoms with Crippen molar-refractivity contribution in [3.63, 3.8) is 0 Å². The van der Waals surface area contributed by atoms with Crippen LogP contribution in [0.2, 0.25) is 0 Å². The van der Waals surface area contributed by atoms with Gasteiger partial charge >= 0.3 is 0 Å². The lowest BCUT2D eigenvalue weighted by Crippen LogP contribution is -2.43. The average molecular weight is 359 g/mol. The third-order valence-corrected chi connectivity index (χ3v) is 5.51. The largest absolute Gasteiger partial charge is 0.345 e. The predicted octanol–water partition coefficient (Wildman–Crippen LogP) is 3.60. The van der Waals surface area contributed by atoms with Crippen molar-refractivity contribution >= 4 is 24.0 Å². The van der Waals surface area contributed by atoms with E-state index >= 15 is 0 Å². The molecule has 0 bridgehead atoms. The van der Waals surface area contributed by atoms with E-state index in [1.807, 2.05) is 11.9 Å². The highest BCUT2D eigenvalue weighted by Crippen LogP contribution is 2.18. The smallest absolute Gasteiger partial charge is 0.234 e. The number of unbranched alkanes of at least 4 members (excludes halogenated alkanes) is 1. The van der Waals surface area contributed by atoms with Crippen LogP contribution in [0.1, 0.15) is 59.8 Å². The predicted molar refractivity (Wildman–Crippen MR) is 106 cm³/mol. The second-order valence-corrected chi connectivity index (χ2v) is 8.26. The van der Waals surface area contributed by atoms with Crippen LogP contribution in [0.3, 0.4) is 0 Å². The number of carbonyl (C=O) groups is 2. The Balaban J connectivity index is 4.03. The monoisotopic (exact) mass is 358 g/mol. The molecule has 0 aromatic heterocycles. The molecule has 1 N–H and O–H groups in total. The van der Waals surface area contributed by atoms with Gasteiger partial charge in [0.1, 0.15) is 6.29 Å². The van der Waals surface area contributed by atoms with Crippen molar-refractivity contribution in [1.82, 2.24) is 10.2 Å². The summed E-state index contributed by atoms with van der Waals surface area (Å²) < 4.78 is 0. The number of carbonyl (C=O) groups excluding carboxylic acids is 2. The molecule has 0 spiro atoms. The Kier molecular flexibility index (Phi) is 14.4. The van der Waals surface area contributed by atoms with Crippen LogP contribution in [0, 0.1) is 11.8 Å². The van der Waals surface area contributed by atoms with Crippen molar-refractivity contribution in [1.29, 1.82) is 0 Å². The van der Waals surface area contributed by atoms with Gasteiger partial charge in [-0.2, -0.15) is 11.8 Å². The van der Waals surface area contributed by atoms with E-state index in [4.69, 9.17) is 0 Å². The molecule has 0 aliphatic heterocycles. The van der Waals surface area contributed by atoms with Crippen molar-refractivity contribution in [2.75, 3.05) is 31.6 Å². The SMILES string of the molecule is CCCCC(CC)CSC[C@@H](C=O)NC(=O)CN(C)CCC(C)C. The maximum Gasteiger partial charge on any atom is 0.234 e. The van der Waals surface area contributed by atoms with Crippen molar-refractivity contribution in [2.45, 2.75) is 65.8 Å². The van der Waals surface area contributed by atoms with E-state index in [0.717, 1.165) is 30.9 Å². The number of nitrogens with zero attached hydrogens (tertiary/aromatic N) is 1. The van der Waals surface area contributed by atoms with Crippen LogP contribution in [0.4, 0.5) is 0 Å². The van der Waals surface area contributed by atoms with Gasteiger partial charge < -0.3 is 10.1 Å². The van der Waals surface area contributed by atoms with Gasteiger partial charge in [0, 0.05) is 5.75 Å². The maximum absolute atomic E-state index is 12.0. The standard InChI is InChI=1S/C19H38N2O2S/c1-6-8-9-17(7-2)14-24-15-18(13-22)20-19(23)12-21(5)11-10-16(3)4/h13,16-18H,6-12,14-15H2,1-5H3,(H,20,23)/t17?,18-/m1/s1. The van der Waals surface area contributed by atoms with Crippen LogP contribution in [-0.4, -0.2) is 54.8 Å². The normalized spacial score (nSPS) is 14.0. The molecular weight excluding hydrogens is 320 g/mol. The summed E-state index contributed by atoms with van der Waals surface area (Å²) in [6.07, 6.45) is 6.90. The van der Waals surface area contributed by atoms with Crippen molar-refractivity contribution in [3.8, 4) is 0 Å². The molecule has 4 nitrogen and oxygen atoms in total. The summed E-state index contributed by atoms with van der Waals surface area (Å²) in [5, 5.41) is 2.85. The van der Waals surface area contributed by atoms with Crippen LogP contribution in [0.5, 0.6) is 0 Å². The molecule has 0 rings (SSSR count). The minimum absolute atomic E-state index is 0.0584. The molecule has 2 atom stereocenters. The summed E-state index contributed by atoms with van der Waals surface area (Å²) in [6, 6.07) is -0.371. The molecule has 1 unspecified atom stereocenters. The number of amides is 1. The molecule has 1 amide bonds. The third-order valence-electron chi connectivity index (χ3n) is 4.21. The fourth-order valence-corrected chi connectivity index (χ4v) is 3.72. The van der Waals surface area contributed by atoms with E-state index in [2.05, 4.69) is 33.0 Å². The van der Waals surface area contributed by atoms with Crippen molar-refractivity contribution < 1.29 is 9.59 Å². The Morgan fingerprint density at radius 2 is 1.92 bits per heavy atom. The van der Waals surface area contributed by atoms with Gasteiger partial charge in [0.25, 0.3) is 0 Å². The lowest BCUT2D eigenvalue weighted by molar-refractivity contribution is -0.124. The van der Waals surface area contributed by atoms with Crippen LogP contribution >= 0.6 is 11.8 Å². The first-order chi connectivity index (χ1) is 11.4. The summed E-state index contributed by atoms with van der Waals surface area (Å²) in [5.74, 6) is 3.05. The van der Waals surface area contributed by atoms with Crippen LogP contribution < -0.4 is 5.32 Å². The van der Waals surface area contributed by atoms with E-state index in [1.165, 1.54) is 25.7 Å². The molecule has 142 valence electrons. The molecule has 0 heterocycles. The maximum atomic E-state index is 12.0. The van der Waals surface area contributed by atoms with E-state index in [1.54, 1.807) is 11.8 Å². The second kappa shape index (κ2) is 14.8. The summed E-state index contributed by atoms with van der Waals surface area (Å²) in [5.41, 5.74) is 0. The highest BCUT2D eigenvalue weighted by atomic mass is 32.2. The molecule has 0 aliphatic rings. The van der Waals surface area contributed by atoms with E-state index < -0.39 is 0 Å². The Morgan fingerprint density at radius 1 is 1.21 bits per heavy atom. The van der Waals surface area contributed by atoms with Gasteiger partial charge in [-0.05, 0) is 44.0 Å². The highest BCUT2D eigenvalue weighted by Gasteiger charge is 2.14. The zero-order valence-corrected chi connectivity index (χ0v) is 17.2. The average Bonchev–Trinajstić information content (AvgIpc) is 2.54. The van der Waals surface area contributed by atoms with Gasteiger partial charge in [0.15, 0.2) is 0 Å². The van der Waals surface area contributed by atoms with Gasteiger partial charge in [0.05, 0.1) is 12.6 Å². The molecule has 0 radical (unpaired) electrons. The lowest BCUT2D eigenvalue weighted by Gasteiger charge is -2.20. The number of rotatable bonds is 15. The van der Waals surface area contributed by atoms with E-state index in [-0.39, 0.29) is 11.9 Å². The summed E-state index contributed by atoms with van der Waals surface area (Å²) in [6.45, 7) is 10.1. The first-order valence-electron chi connectivity index (χ1n) is 9.43. The number of nitrogens with one attached hydrogen (secondary N) is 1. The van der Waals surface area contributed by atoms with Crippen LogP contribution in [0.25, 0.3) is 0 Å². The van der Waals surface area contributed by atoms with Crippen LogP contribution in [-0.2, 0) is 9.59 Å². The number of likely N-dealkylation sites (N-methyl/N-ethyl adjacent to an activating group) is 1. The van der Waals surface area contributed by atoms with Crippen LogP contribution in [0.15, 0.2) is 0 Å². The molecule has 0 aromatic carbocycles. The number of aldehydes is 1. The minimum Gasteiger partial charge on any atom is -0.345 e. The number of thioether (sulfide) groups is 1. The van der Waals surface area contributed by atoms with Gasteiger partial charge in [-0.25, -0.2) is 0 Å². The molecule has 0 aromatic rings. The van der Waals surface area contributed by atoms with E-state index in [0.29, 0.717) is 18.2 Å². The zero-order chi connectivity index (χ0) is 18.4. The Morgan fingerprint density at radius 3 is 2.46 bits per heavy atom. The Bertz CT molecular complexity index is 337. The minimum atomic E-state index is -0.371. The molecule has 0 saturated carbocycles. The zero-order valence-electron chi connectivity index (χ0n) is 16.3. The molecule has 24 heavy (non-hydrogen) atoms. The van der Waals surface area contributed by atoms with E-state index in [9.17, 15) is 9.59 Å². The first-order valence-corrected chi connectivity index (χ1v) is 10.6. The van der Waals surface area contributed by atoms with Gasteiger partial charge in [-0.15, -0.1) is 0 Å². The lowest BCUT2D eigenvalue weighted by atomic mass is 10.0. The van der Waals surface area contributed by atoms with Gasteiger partial charge in [0.2, 0.25) is 5.91 Å². The Labute approximate surface area is 153 Å². The van der Waals surface area contributed by atoms with Gasteiger partial charge in [-0.3, -0.25) is 9.69 Å². The fraction of sp³-hybridized carbons (Fsp3) is 0.895. The highest BCUT2D eigenvalue weighted by molar-refractivity contribution is 7.99. The van der Waals surface area contributed by atoms with Crippen molar-refractivity contribution in [3.05, 3.63) is 0 Å². The van der Waals surface area contributed by atoms with Crippen molar-refractivity contribution in [2.24, 2.45) is 11.8 Å². The molecule has 0 saturated heterocycles. The third kappa shape index (κ3) is 12.8. The number of hydrogen-bond donors (Lipinski definition) is 1. The molecule has 0 aliphatic carbocycles. The molecule has 0 fully saturated rings. The quantitative estimate of drug-likeness (QED) is 0.454. The summed E-state index contributed by atoms with van der Waals surface area (Å²) in [4.78, 5) is 25.3. The topological polar surface area (TPSA) is 49.4 Å². The summed E-state index contributed by atoms with van der Waals surface area (Å²) in [7, 11) is 1.95. The first kappa shape index (κ1) is 23.4. The fourth-order valence-electron chi connectivity index (χ4n) is 2.43. The molecule has 5 heteroatoms. The number of hydrogen-bond acceptors (Lipinski definition) is 4. The van der Waals surface area contributed by atoms with Gasteiger partial charge in [-0.1, -0.05) is 47.0 Å². The Hall–Kier alpha value is -0.550. The second-order valence-electron chi connectivity index (χ2n) is 7.18.